The van der Waals surface area contributed by atoms with Crippen molar-refractivity contribution in [2.45, 2.75) is 25.9 Å². The van der Waals surface area contributed by atoms with E-state index in [0.29, 0.717) is 36.7 Å². The fourth-order valence-electron chi connectivity index (χ4n) is 2.82. The summed E-state index contributed by atoms with van der Waals surface area (Å²) in [6.45, 7) is 1.22. The molecule has 0 spiro atoms. The third-order valence-electron chi connectivity index (χ3n) is 4.13. The fourth-order valence-corrected chi connectivity index (χ4v) is 2.82. The summed E-state index contributed by atoms with van der Waals surface area (Å²) in [5, 5.41) is 23.0. The molecule has 0 radical (unpaired) electrons. The molecule has 2 N–H and O–H groups in total. The van der Waals surface area contributed by atoms with Crippen LogP contribution in [0, 0.1) is 16.0 Å². The normalized spacial score (nSPS) is 15.6. The van der Waals surface area contributed by atoms with Gasteiger partial charge >= 0.3 is 0 Å². The average molecular weight is 307 g/mol. The van der Waals surface area contributed by atoms with E-state index < -0.39 is 4.92 Å². The highest BCUT2D eigenvalue weighted by Crippen LogP contribution is 2.33. The first kappa shape index (κ1) is 16.2. The Morgan fingerprint density at radius 2 is 2.14 bits per heavy atom. The van der Waals surface area contributed by atoms with Crippen molar-refractivity contribution in [1.29, 1.82) is 0 Å². The maximum absolute atomic E-state index is 11.4. The molecule has 7 nitrogen and oxygen atoms in total. The van der Waals surface area contributed by atoms with Crippen molar-refractivity contribution in [3.63, 3.8) is 0 Å². The average Bonchev–Trinajstić information content (AvgIpc) is 2.54. The van der Waals surface area contributed by atoms with Gasteiger partial charge in [0.25, 0.3) is 5.69 Å². The van der Waals surface area contributed by atoms with Crippen LogP contribution < -0.4 is 10.2 Å². The van der Waals surface area contributed by atoms with E-state index in [4.69, 9.17) is 0 Å². The number of aliphatic hydroxyl groups excluding tert-OH is 1. The molecule has 1 aliphatic rings. The molecule has 0 aliphatic carbocycles. The Bertz CT molecular complexity index is 554. The second kappa shape index (κ2) is 7.22. The number of aliphatic hydroxyl groups is 1. The number of hydrogen-bond donors (Lipinski definition) is 2. The van der Waals surface area contributed by atoms with Crippen molar-refractivity contribution in [2.24, 2.45) is 5.92 Å². The SMILES string of the molecule is CNC(=O)CC1CCN(c2cc(CO)ccc2[N+](=O)[O-])CC1. The number of nitro groups is 1. The molecule has 22 heavy (non-hydrogen) atoms. The van der Waals surface area contributed by atoms with Crippen molar-refractivity contribution < 1.29 is 14.8 Å². The summed E-state index contributed by atoms with van der Waals surface area (Å²) < 4.78 is 0. The Kier molecular flexibility index (Phi) is 5.32. The van der Waals surface area contributed by atoms with Crippen LogP contribution in [0.4, 0.5) is 11.4 Å². The van der Waals surface area contributed by atoms with Gasteiger partial charge in [-0.05, 0) is 36.5 Å². The highest BCUT2D eigenvalue weighted by molar-refractivity contribution is 5.75. The molecule has 2 rings (SSSR count). The molecule has 0 bridgehead atoms. The van der Waals surface area contributed by atoms with Gasteiger partial charge in [0.15, 0.2) is 0 Å². The summed E-state index contributed by atoms with van der Waals surface area (Å²) in [7, 11) is 1.63. The number of hydrogen-bond acceptors (Lipinski definition) is 5. The van der Waals surface area contributed by atoms with E-state index in [-0.39, 0.29) is 18.2 Å². The molecule has 7 heteroatoms. The first-order valence-corrected chi connectivity index (χ1v) is 7.39. The van der Waals surface area contributed by atoms with Crippen LogP contribution in [0.15, 0.2) is 18.2 Å². The van der Waals surface area contributed by atoms with Crippen LogP contribution in [0.25, 0.3) is 0 Å². The lowest BCUT2D eigenvalue weighted by Gasteiger charge is -2.33. The van der Waals surface area contributed by atoms with Crippen LogP contribution in [0.1, 0.15) is 24.8 Å². The molecule has 0 atom stereocenters. The van der Waals surface area contributed by atoms with E-state index in [9.17, 15) is 20.0 Å². The summed E-state index contributed by atoms with van der Waals surface area (Å²) in [6.07, 6.45) is 2.16. The lowest BCUT2D eigenvalue weighted by atomic mass is 9.92. The Labute approximate surface area is 129 Å². The van der Waals surface area contributed by atoms with Gasteiger partial charge in [0.1, 0.15) is 5.69 Å². The minimum atomic E-state index is -0.396. The van der Waals surface area contributed by atoms with Gasteiger partial charge in [-0.25, -0.2) is 0 Å². The van der Waals surface area contributed by atoms with Gasteiger partial charge in [0, 0.05) is 32.6 Å². The minimum Gasteiger partial charge on any atom is -0.392 e. The predicted octanol–water partition coefficient (Wildman–Crippen LogP) is 1.44. The summed E-state index contributed by atoms with van der Waals surface area (Å²) in [4.78, 5) is 24.2. The highest BCUT2D eigenvalue weighted by Gasteiger charge is 2.26. The van der Waals surface area contributed by atoms with Crippen molar-refractivity contribution in [2.75, 3.05) is 25.0 Å². The molecule has 0 aromatic heterocycles. The largest absolute Gasteiger partial charge is 0.392 e. The van der Waals surface area contributed by atoms with Crippen LogP contribution in [0.5, 0.6) is 0 Å². The van der Waals surface area contributed by atoms with Gasteiger partial charge < -0.3 is 15.3 Å². The molecule has 1 heterocycles. The van der Waals surface area contributed by atoms with Gasteiger partial charge in [-0.2, -0.15) is 0 Å². The number of carbonyl (C=O) groups is 1. The lowest BCUT2D eigenvalue weighted by Crippen LogP contribution is -2.35. The number of nitrogens with one attached hydrogen (secondary N) is 1. The van der Waals surface area contributed by atoms with E-state index in [1.807, 2.05) is 4.90 Å². The van der Waals surface area contributed by atoms with Crippen LogP contribution in [-0.2, 0) is 11.4 Å². The minimum absolute atomic E-state index is 0.0340. The Hall–Kier alpha value is -2.15. The molecule has 1 saturated heterocycles. The third kappa shape index (κ3) is 3.73. The summed E-state index contributed by atoms with van der Waals surface area (Å²) in [6, 6.07) is 4.69. The fraction of sp³-hybridized carbons (Fsp3) is 0.533. The summed E-state index contributed by atoms with van der Waals surface area (Å²) in [5.74, 6) is 0.350. The number of carbonyl (C=O) groups excluding carboxylic acids is 1. The van der Waals surface area contributed by atoms with Gasteiger partial charge in [0.05, 0.1) is 11.5 Å². The van der Waals surface area contributed by atoms with Gasteiger partial charge in [0.2, 0.25) is 5.91 Å². The van der Waals surface area contributed by atoms with E-state index in [1.165, 1.54) is 6.07 Å². The lowest BCUT2D eigenvalue weighted by molar-refractivity contribution is -0.384. The van der Waals surface area contributed by atoms with E-state index in [0.717, 1.165) is 12.8 Å². The molecule has 1 fully saturated rings. The second-order valence-electron chi connectivity index (χ2n) is 5.55. The summed E-state index contributed by atoms with van der Waals surface area (Å²) >= 11 is 0. The number of nitrogens with zero attached hydrogens (tertiary/aromatic N) is 2. The number of amides is 1. The standard InChI is InChI=1S/C15H21N3O4/c1-16-15(20)9-11-4-6-17(7-5-11)14-8-12(10-19)2-3-13(14)18(21)22/h2-3,8,11,19H,4-7,9-10H2,1H3,(H,16,20). The van der Waals surface area contributed by atoms with Gasteiger partial charge in [-0.1, -0.05) is 0 Å². The monoisotopic (exact) mass is 307 g/mol. The van der Waals surface area contributed by atoms with E-state index >= 15 is 0 Å². The number of anilines is 1. The molecule has 1 aliphatic heterocycles. The Morgan fingerprint density at radius 1 is 1.45 bits per heavy atom. The highest BCUT2D eigenvalue weighted by atomic mass is 16.6. The molecular formula is C15H21N3O4. The van der Waals surface area contributed by atoms with Gasteiger partial charge in [-0.15, -0.1) is 0 Å². The molecule has 0 unspecified atom stereocenters. The van der Waals surface area contributed by atoms with Gasteiger partial charge in [-0.3, -0.25) is 14.9 Å². The predicted molar refractivity (Wildman–Crippen MR) is 82.6 cm³/mol. The Morgan fingerprint density at radius 3 is 2.68 bits per heavy atom. The van der Waals surface area contributed by atoms with Crippen molar-refractivity contribution in [1.82, 2.24) is 5.32 Å². The van der Waals surface area contributed by atoms with E-state index in [2.05, 4.69) is 5.32 Å². The first-order chi connectivity index (χ1) is 10.5. The smallest absolute Gasteiger partial charge is 0.292 e. The molecule has 0 saturated carbocycles. The number of rotatable bonds is 5. The van der Waals surface area contributed by atoms with Crippen LogP contribution >= 0.6 is 0 Å². The molecule has 1 aromatic carbocycles. The number of benzene rings is 1. The zero-order valence-corrected chi connectivity index (χ0v) is 12.6. The number of piperidine rings is 1. The van der Waals surface area contributed by atoms with Crippen LogP contribution in [0.3, 0.4) is 0 Å². The van der Waals surface area contributed by atoms with Crippen molar-refractivity contribution in [3.05, 3.63) is 33.9 Å². The Balaban J connectivity index is 2.10. The topological polar surface area (TPSA) is 95.7 Å². The third-order valence-corrected chi connectivity index (χ3v) is 4.13. The van der Waals surface area contributed by atoms with Crippen LogP contribution in [0.2, 0.25) is 0 Å². The number of nitro benzene ring substituents is 1. The zero-order valence-electron chi connectivity index (χ0n) is 12.6. The molecule has 1 amide bonds. The van der Waals surface area contributed by atoms with Crippen LogP contribution in [-0.4, -0.2) is 36.1 Å². The van der Waals surface area contributed by atoms with E-state index in [1.54, 1.807) is 19.2 Å². The maximum atomic E-state index is 11.4. The first-order valence-electron chi connectivity index (χ1n) is 7.39. The molecule has 1 aromatic rings. The molecule has 120 valence electrons. The summed E-state index contributed by atoms with van der Waals surface area (Å²) in [5.41, 5.74) is 1.27. The maximum Gasteiger partial charge on any atom is 0.292 e. The van der Waals surface area contributed by atoms with Crippen molar-refractivity contribution >= 4 is 17.3 Å². The molecular weight excluding hydrogens is 286 g/mol. The quantitative estimate of drug-likeness (QED) is 0.634. The van der Waals surface area contributed by atoms with Crippen molar-refractivity contribution in [3.8, 4) is 0 Å². The second-order valence-corrected chi connectivity index (χ2v) is 5.55. The zero-order chi connectivity index (χ0) is 16.1.